The maximum absolute atomic E-state index is 13.8. The summed E-state index contributed by atoms with van der Waals surface area (Å²) < 4.78 is 20.2. The standard InChI is InChI=1S/C26H31FN4O3/c1-16-12-22-23(14-21(16)27)30-26(29-22)18-4-7-24(28-15-18)31-10-8-20(9-11-31)34-19-5-2-17(3-6-19)13-25(32)33/h4,7,12,14-15,17,19-20H,2-3,5-6,8-11,13H2,1H3,(H,29,30)(H,32,33)/t17-,19-. The molecule has 0 amide bonds. The van der Waals surface area contributed by atoms with Crippen LogP contribution in [0.4, 0.5) is 10.2 Å². The minimum Gasteiger partial charge on any atom is -0.481 e. The monoisotopic (exact) mass is 466 g/mol. The number of fused-ring (bicyclic) bond motifs is 1. The number of aromatic amines is 1. The molecule has 8 heteroatoms. The molecule has 34 heavy (non-hydrogen) atoms. The highest BCUT2D eigenvalue weighted by atomic mass is 19.1. The predicted octanol–water partition coefficient (Wildman–Crippen LogP) is 5.09. The second kappa shape index (κ2) is 9.70. The van der Waals surface area contributed by atoms with Crippen molar-refractivity contribution in [1.82, 2.24) is 15.0 Å². The van der Waals surface area contributed by atoms with E-state index in [2.05, 4.69) is 19.9 Å². The number of anilines is 1. The van der Waals surface area contributed by atoms with Crippen LogP contribution in [0.25, 0.3) is 22.4 Å². The number of imidazole rings is 1. The number of nitrogens with one attached hydrogen (secondary N) is 1. The Balaban J connectivity index is 1.14. The number of hydrogen-bond donors (Lipinski definition) is 2. The zero-order valence-electron chi connectivity index (χ0n) is 19.5. The van der Waals surface area contributed by atoms with Crippen molar-refractivity contribution in [2.45, 2.75) is 64.1 Å². The third-order valence-electron chi connectivity index (χ3n) is 7.19. The second-order valence-corrected chi connectivity index (χ2v) is 9.67. The first-order valence-electron chi connectivity index (χ1n) is 12.2. The van der Waals surface area contributed by atoms with E-state index in [1.807, 2.05) is 18.3 Å². The molecule has 3 aromatic rings. The molecule has 1 aliphatic carbocycles. The summed E-state index contributed by atoms with van der Waals surface area (Å²) in [5, 5.41) is 8.97. The van der Waals surface area contributed by atoms with Gasteiger partial charge in [-0.15, -0.1) is 0 Å². The molecule has 2 aliphatic rings. The highest BCUT2D eigenvalue weighted by Gasteiger charge is 2.28. The molecule has 2 fully saturated rings. The minimum atomic E-state index is -0.693. The number of ether oxygens (including phenoxy) is 1. The average molecular weight is 467 g/mol. The molecule has 0 spiro atoms. The Morgan fingerprint density at radius 3 is 2.56 bits per heavy atom. The quantitative estimate of drug-likeness (QED) is 0.526. The van der Waals surface area contributed by atoms with Gasteiger partial charge in [0.15, 0.2) is 0 Å². The van der Waals surface area contributed by atoms with Crippen molar-refractivity contribution in [3.63, 3.8) is 0 Å². The van der Waals surface area contributed by atoms with E-state index >= 15 is 0 Å². The van der Waals surface area contributed by atoms with Crippen molar-refractivity contribution in [2.75, 3.05) is 18.0 Å². The summed E-state index contributed by atoms with van der Waals surface area (Å²) in [6.07, 6.45) is 8.39. The Morgan fingerprint density at radius 2 is 1.88 bits per heavy atom. The molecule has 1 saturated heterocycles. The number of nitrogens with zero attached hydrogens (tertiary/aromatic N) is 3. The summed E-state index contributed by atoms with van der Waals surface area (Å²) in [6.45, 7) is 3.54. The number of halogens is 1. The first kappa shape index (κ1) is 22.8. The van der Waals surface area contributed by atoms with E-state index in [1.54, 1.807) is 13.0 Å². The number of H-pyrrole nitrogens is 1. The van der Waals surface area contributed by atoms with Gasteiger partial charge in [-0.25, -0.2) is 14.4 Å². The first-order chi connectivity index (χ1) is 16.4. The highest BCUT2D eigenvalue weighted by molar-refractivity contribution is 5.80. The van der Waals surface area contributed by atoms with E-state index < -0.39 is 5.97 Å². The molecule has 2 N–H and O–H groups in total. The van der Waals surface area contributed by atoms with Crippen LogP contribution in [0.2, 0.25) is 0 Å². The maximum atomic E-state index is 13.8. The van der Waals surface area contributed by atoms with Crippen molar-refractivity contribution in [2.24, 2.45) is 5.92 Å². The van der Waals surface area contributed by atoms with Crippen molar-refractivity contribution >= 4 is 22.8 Å². The lowest BCUT2D eigenvalue weighted by molar-refractivity contribution is -0.138. The highest BCUT2D eigenvalue weighted by Crippen LogP contribution is 2.31. The number of aryl methyl sites for hydroxylation is 1. The molecule has 1 saturated carbocycles. The number of hydrogen-bond acceptors (Lipinski definition) is 5. The van der Waals surface area contributed by atoms with E-state index in [4.69, 9.17) is 9.84 Å². The fraction of sp³-hybridized carbons (Fsp3) is 0.500. The molecular weight excluding hydrogens is 435 g/mol. The molecule has 0 radical (unpaired) electrons. The Labute approximate surface area is 198 Å². The molecule has 0 atom stereocenters. The smallest absolute Gasteiger partial charge is 0.303 e. The predicted molar refractivity (Wildman–Crippen MR) is 128 cm³/mol. The maximum Gasteiger partial charge on any atom is 0.303 e. The van der Waals surface area contributed by atoms with Crippen molar-refractivity contribution in [3.8, 4) is 11.4 Å². The summed E-state index contributed by atoms with van der Waals surface area (Å²) in [5.41, 5.74) is 2.89. The SMILES string of the molecule is Cc1cc2[nH]c(-c3ccc(N4CCC(O[C@H]5CC[C@H](CC(=O)O)CC5)CC4)nc3)nc2cc1F. The lowest BCUT2D eigenvalue weighted by atomic mass is 9.85. The van der Waals surface area contributed by atoms with Gasteiger partial charge in [-0.2, -0.15) is 0 Å². The van der Waals surface area contributed by atoms with Gasteiger partial charge in [0.1, 0.15) is 17.5 Å². The van der Waals surface area contributed by atoms with Crippen LogP contribution in [0.15, 0.2) is 30.5 Å². The van der Waals surface area contributed by atoms with E-state index in [1.165, 1.54) is 6.07 Å². The normalized spacial score (nSPS) is 21.8. The van der Waals surface area contributed by atoms with Crippen LogP contribution in [-0.2, 0) is 9.53 Å². The van der Waals surface area contributed by atoms with Gasteiger partial charge >= 0.3 is 5.97 Å². The summed E-state index contributed by atoms with van der Waals surface area (Å²) in [4.78, 5) is 25.6. The molecule has 1 aliphatic heterocycles. The third kappa shape index (κ3) is 5.06. The van der Waals surface area contributed by atoms with Gasteiger partial charge in [0.25, 0.3) is 0 Å². The molecule has 0 unspecified atom stereocenters. The number of piperidine rings is 1. The van der Waals surface area contributed by atoms with E-state index in [0.29, 0.717) is 22.8 Å². The number of carbonyl (C=O) groups is 1. The number of rotatable bonds is 6. The van der Waals surface area contributed by atoms with Crippen LogP contribution < -0.4 is 4.90 Å². The molecule has 180 valence electrons. The number of aromatic nitrogens is 3. The topological polar surface area (TPSA) is 91.3 Å². The number of pyridine rings is 1. The van der Waals surface area contributed by atoms with Crippen LogP contribution >= 0.6 is 0 Å². The number of carboxylic acids is 1. The van der Waals surface area contributed by atoms with Crippen LogP contribution in [0, 0.1) is 18.7 Å². The Hall–Kier alpha value is -3.00. The first-order valence-corrected chi connectivity index (χ1v) is 12.2. The fourth-order valence-electron chi connectivity index (χ4n) is 5.20. The zero-order valence-corrected chi connectivity index (χ0v) is 19.5. The van der Waals surface area contributed by atoms with E-state index in [9.17, 15) is 9.18 Å². The molecule has 5 rings (SSSR count). The molecule has 0 bridgehead atoms. The average Bonchev–Trinajstić information content (AvgIpc) is 3.23. The minimum absolute atomic E-state index is 0.253. The van der Waals surface area contributed by atoms with Gasteiger partial charge in [0.05, 0.1) is 23.2 Å². The van der Waals surface area contributed by atoms with E-state index in [-0.39, 0.29) is 24.4 Å². The van der Waals surface area contributed by atoms with Crippen LogP contribution in [-0.4, -0.2) is 51.3 Å². The van der Waals surface area contributed by atoms with Crippen LogP contribution in [0.5, 0.6) is 0 Å². The molecule has 2 aromatic heterocycles. The van der Waals surface area contributed by atoms with Gasteiger partial charge in [0, 0.05) is 37.3 Å². The number of benzene rings is 1. The van der Waals surface area contributed by atoms with Gasteiger partial charge in [-0.3, -0.25) is 4.79 Å². The molecule has 7 nitrogen and oxygen atoms in total. The van der Waals surface area contributed by atoms with Gasteiger partial charge in [0.2, 0.25) is 0 Å². The molecule has 1 aromatic carbocycles. The van der Waals surface area contributed by atoms with Crippen molar-refractivity contribution in [1.29, 1.82) is 0 Å². The lowest BCUT2D eigenvalue weighted by Gasteiger charge is -2.36. The Morgan fingerprint density at radius 1 is 1.15 bits per heavy atom. The number of aliphatic carboxylic acids is 1. The van der Waals surface area contributed by atoms with Crippen LogP contribution in [0.1, 0.15) is 50.5 Å². The van der Waals surface area contributed by atoms with Gasteiger partial charge in [-0.1, -0.05) is 0 Å². The molecule has 3 heterocycles. The van der Waals surface area contributed by atoms with E-state index in [0.717, 1.165) is 68.5 Å². The van der Waals surface area contributed by atoms with Gasteiger partial charge in [-0.05, 0) is 75.1 Å². The third-order valence-corrected chi connectivity index (χ3v) is 7.19. The Bertz CT molecular complexity index is 1110. The zero-order chi connectivity index (χ0) is 23.7. The fourth-order valence-corrected chi connectivity index (χ4v) is 5.20. The lowest BCUT2D eigenvalue weighted by Crippen LogP contribution is -2.39. The molecular formula is C26H31FN4O3. The van der Waals surface area contributed by atoms with Gasteiger partial charge < -0.3 is 19.7 Å². The summed E-state index contributed by atoms with van der Waals surface area (Å²) in [7, 11) is 0. The number of carboxylic acid groups (broad SMARTS) is 1. The van der Waals surface area contributed by atoms with Crippen LogP contribution in [0.3, 0.4) is 0 Å². The summed E-state index contributed by atoms with van der Waals surface area (Å²) in [6, 6.07) is 7.25. The largest absolute Gasteiger partial charge is 0.481 e. The summed E-state index contributed by atoms with van der Waals surface area (Å²) >= 11 is 0. The summed E-state index contributed by atoms with van der Waals surface area (Å²) in [5.74, 6) is 0.982. The van der Waals surface area contributed by atoms with Crippen molar-refractivity contribution in [3.05, 3.63) is 41.8 Å². The van der Waals surface area contributed by atoms with Crippen molar-refractivity contribution < 1.29 is 19.0 Å². The Kier molecular flexibility index (Phi) is 6.50. The second-order valence-electron chi connectivity index (χ2n) is 9.67.